The van der Waals surface area contributed by atoms with Crippen molar-refractivity contribution in [3.05, 3.63) is 65.9 Å². The highest BCUT2D eigenvalue weighted by atomic mass is 19.1. The molecule has 26 heavy (non-hydrogen) atoms. The van der Waals surface area contributed by atoms with Crippen molar-refractivity contribution in [1.29, 1.82) is 0 Å². The fourth-order valence-electron chi connectivity index (χ4n) is 2.59. The van der Waals surface area contributed by atoms with Crippen molar-refractivity contribution in [1.82, 2.24) is 24.3 Å². The van der Waals surface area contributed by atoms with E-state index in [0.717, 1.165) is 6.20 Å². The lowest BCUT2D eigenvalue weighted by Gasteiger charge is -2.09. The molecule has 0 saturated heterocycles. The van der Waals surface area contributed by atoms with E-state index in [4.69, 9.17) is 11.5 Å². The third-order valence-electron chi connectivity index (χ3n) is 3.89. The molecule has 4 heterocycles. The zero-order valence-electron chi connectivity index (χ0n) is 13.4. The highest BCUT2D eigenvalue weighted by Gasteiger charge is 2.15. The van der Waals surface area contributed by atoms with E-state index < -0.39 is 11.6 Å². The fourth-order valence-corrected chi connectivity index (χ4v) is 2.59. The zero-order chi connectivity index (χ0) is 18.3. The zero-order valence-corrected chi connectivity index (χ0v) is 13.4. The van der Waals surface area contributed by atoms with Crippen molar-refractivity contribution in [3.8, 4) is 11.5 Å². The molecule has 0 aliphatic carbocycles. The van der Waals surface area contributed by atoms with Crippen molar-refractivity contribution in [2.45, 2.75) is 6.42 Å². The van der Waals surface area contributed by atoms with Gasteiger partial charge in [0.25, 0.3) is 0 Å². The average Bonchev–Trinajstić information content (AvgIpc) is 3.03. The molecule has 0 bridgehead atoms. The second-order valence-electron chi connectivity index (χ2n) is 5.66. The molecule has 0 atom stereocenters. The molecule has 0 aliphatic rings. The first-order valence-corrected chi connectivity index (χ1v) is 7.66. The van der Waals surface area contributed by atoms with E-state index in [1.807, 2.05) is 0 Å². The number of nitrogens with two attached hydrogens (primary N) is 2. The number of imidazole rings is 1. The predicted octanol–water partition coefficient (Wildman–Crippen LogP) is 2.22. The Bertz CT molecular complexity index is 1110. The molecule has 0 radical (unpaired) electrons. The smallest absolute Gasteiger partial charge is 0.180 e. The van der Waals surface area contributed by atoms with E-state index >= 15 is 0 Å². The number of aromatic nitrogens is 5. The van der Waals surface area contributed by atoms with Crippen LogP contribution in [0.1, 0.15) is 11.4 Å². The van der Waals surface area contributed by atoms with Gasteiger partial charge in [-0.05, 0) is 24.3 Å². The minimum Gasteiger partial charge on any atom is -0.394 e. The van der Waals surface area contributed by atoms with Crippen LogP contribution in [0, 0.1) is 11.6 Å². The van der Waals surface area contributed by atoms with Gasteiger partial charge in [-0.2, -0.15) is 0 Å². The molecule has 0 spiro atoms. The van der Waals surface area contributed by atoms with Gasteiger partial charge in [0, 0.05) is 18.3 Å². The maximum absolute atomic E-state index is 13.6. The SMILES string of the molecule is Nc1nc(-c2cnc3ccc(F)cn23)nc(Cc2ccc(F)cn2)c1N. The summed E-state index contributed by atoms with van der Waals surface area (Å²) in [6.45, 7) is 0. The van der Waals surface area contributed by atoms with Gasteiger partial charge in [-0.3, -0.25) is 9.38 Å². The Labute approximate surface area is 146 Å². The quantitative estimate of drug-likeness (QED) is 0.585. The third kappa shape index (κ3) is 2.79. The molecule has 0 unspecified atom stereocenters. The van der Waals surface area contributed by atoms with E-state index in [0.29, 0.717) is 22.7 Å². The van der Waals surface area contributed by atoms with Gasteiger partial charge in [-0.1, -0.05) is 0 Å². The minimum absolute atomic E-state index is 0.0958. The van der Waals surface area contributed by atoms with Gasteiger partial charge < -0.3 is 11.5 Å². The third-order valence-corrected chi connectivity index (χ3v) is 3.89. The molecule has 0 fully saturated rings. The lowest BCUT2D eigenvalue weighted by atomic mass is 10.2. The van der Waals surface area contributed by atoms with Crippen LogP contribution in [-0.4, -0.2) is 24.3 Å². The van der Waals surface area contributed by atoms with Gasteiger partial charge in [0.1, 0.15) is 23.0 Å². The number of nitrogen functional groups attached to an aromatic ring is 2. The summed E-state index contributed by atoms with van der Waals surface area (Å²) in [6.07, 6.45) is 4.18. The monoisotopic (exact) mass is 353 g/mol. The predicted molar refractivity (Wildman–Crippen MR) is 92.0 cm³/mol. The van der Waals surface area contributed by atoms with Crippen molar-refractivity contribution in [3.63, 3.8) is 0 Å². The number of fused-ring (bicyclic) bond motifs is 1. The van der Waals surface area contributed by atoms with Crippen molar-refractivity contribution < 1.29 is 8.78 Å². The summed E-state index contributed by atoms with van der Waals surface area (Å²) >= 11 is 0. The van der Waals surface area contributed by atoms with Crippen LogP contribution < -0.4 is 11.5 Å². The van der Waals surface area contributed by atoms with Crippen LogP contribution in [0.15, 0.2) is 42.9 Å². The Hall–Kier alpha value is -3.62. The molecule has 0 amide bonds. The minimum atomic E-state index is -0.433. The lowest BCUT2D eigenvalue weighted by Crippen LogP contribution is -2.09. The first-order valence-electron chi connectivity index (χ1n) is 7.66. The topological polar surface area (TPSA) is 108 Å². The number of hydrogen-bond donors (Lipinski definition) is 2. The molecule has 7 nitrogen and oxygen atoms in total. The van der Waals surface area contributed by atoms with Crippen LogP contribution in [-0.2, 0) is 6.42 Å². The standard InChI is InChI=1S/C17H13F2N7/c18-9-1-3-11(22-6-9)5-12-15(20)16(21)25-17(24-12)13-7-23-14-4-2-10(19)8-26(13)14/h1-4,6-8H,5,20H2,(H2,21,24,25). The summed E-state index contributed by atoms with van der Waals surface area (Å²) in [5.41, 5.74) is 14.2. The maximum atomic E-state index is 13.6. The molecule has 4 aromatic heterocycles. The molecule has 130 valence electrons. The second kappa shape index (κ2) is 6.03. The van der Waals surface area contributed by atoms with Gasteiger partial charge in [-0.25, -0.2) is 23.7 Å². The number of anilines is 2. The van der Waals surface area contributed by atoms with Crippen LogP contribution in [0.4, 0.5) is 20.3 Å². The average molecular weight is 353 g/mol. The first-order chi connectivity index (χ1) is 12.5. The van der Waals surface area contributed by atoms with E-state index in [1.54, 1.807) is 6.07 Å². The van der Waals surface area contributed by atoms with E-state index in [-0.39, 0.29) is 23.8 Å². The lowest BCUT2D eigenvalue weighted by molar-refractivity contribution is 0.619. The van der Waals surface area contributed by atoms with Crippen LogP contribution >= 0.6 is 0 Å². The number of hydrogen-bond acceptors (Lipinski definition) is 6. The van der Waals surface area contributed by atoms with Gasteiger partial charge in [0.15, 0.2) is 11.6 Å². The molecule has 0 aliphatic heterocycles. The largest absolute Gasteiger partial charge is 0.394 e. The maximum Gasteiger partial charge on any atom is 0.180 e. The van der Waals surface area contributed by atoms with Gasteiger partial charge >= 0.3 is 0 Å². The number of pyridine rings is 2. The number of rotatable bonds is 3. The molecule has 4 aromatic rings. The number of nitrogens with zero attached hydrogens (tertiary/aromatic N) is 5. The Morgan fingerprint density at radius 3 is 2.50 bits per heavy atom. The Morgan fingerprint density at radius 2 is 1.73 bits per heavy atom. The molecule has 4 N–H and O–H groups in total. The Balaban J connectivity index is 1.81. The highest BCUT2D eigenvalue weighted by molar-refractivity contribution is 5.67. The molecular weight excluding hydrogens is 340 g/mol. The van der Waals surface area contributed by atoms with Crippen LogP contribution in [0.2, 0.25) is 0 Å². The van der Waals surface area contributed by atoms with Crippen molar-refractivity contribution in [2.24, 2.45) is 0 Å². The van der Waals surface area contributed by atoms with E-state index in [2.05, 4.69) is 19.9 Å². The summed E-state index contributed by atoms with van der Waals surface area (Å²) in [4.78, 5) is 16.8. The van der Waals surface area contributed by atoms with Gasteiger partial charge in [0.2, 0.25) is 0 Å². The number of halogens is 2. The van der Waals surface area contributed by atoms with Crippen LogP contribution in [0.3, 0.4) is 0 Å². The van der Waals surface area contributed by atoms with Crippen LogP contribution in [0.5, 0.6) is 0 Å². The van der Waals surface area contributed by atoms with E-state index in [9.17, 15) is 8.78 Å². The molecule has 4 rings (SSSR count). The summed E-state index contributed by atoms with van der Waals surface area (Å²) < 4.78 is 28.1. The molecule has 0 saturated carbocycles. The van der Waals surface area contributed by atoms with E-state index in [1.165, 1.54) is 35.0 Å². The fraction of sp³-hybridized carbons (Fsp3) is 0.0588. The highest BCUT2D eigenvalue weighted by Crippen LogP contribution is 2.25. The second-order valence-corrected chi connectivity index (χ2v) is 5.66. The summed E-state index contributed by atoms with van der Waals surface area (Å²) in [5, 5.41) is 0. The molecule has 9 heteroatoms. The Kier molecular flexibility index (Phi) is 3.68. The van der Waals surface area contributed by atoms with Gasteiger partial charge in [0.05, 0.1) is 23.8 Å². The summed E-state index contributed by atoms with van der Waals surface area (Å²) in [5.74, 6) is -0.501. The van der Waals surface area contributed by atoms with Crippen molar-refractivity contribution >= 4 is 17.2 Å². The normalized spacial score (nSPS) is 11.2. The molecule has 0 aromatic carbocycles. The van der Waals surface area contributed by atoms with Gasteiger partial charge in [-0.15, -0.1) is 0 Å². The summed E-state index contributed by atoms with van der Waals surface area (Å²) in [7, 11) is 0. The van der Waals surface area contributed by atoms with Crippen molar-refractivity contribution in [2.75, 3.05) is 11.5 Å². The first kappa shape index (κ1) is 15.9. The van der Waals surface area contributed by atoms with Crippen LogP contribution in [0.25, 0.3) is 17.2 Å². The Morgan fingerprint density at radius 1 is 0.923 bits per heavy atom. The summed E-state index contributed by atoms with van der Waals surface area (Å²) in [6, 6.07) is 5.70. The molecular formula is C17H13F2N7.